The lowest BCUT2D eigenvalue weighted by Gasteiger charge is -2.13. The Kier molecular flexibility index (Phi) is 5.48. The van der Waals surface area contributed by atoms with Crippen LogP contribution in [0.5, 0.6) is 5.75 Å². The summed E-state index contributed by atoms with van der Waals surface area (Å²) >= 11 is 5.84. The molecule has 0 saturated carbocycles. The third-order valence-electron chi connectivity index (χ3n) is 3.28. The maximum absolute atomic E-state index is 12.1. The summed E-state index contributed by atoms with van der Waals surface area (Å²) in [6.07, 6.45) is 0. The summed E-state index contributed by atoms with van der Waals surface area (Å²) in [6.45, 7) is 0.0820. The van der Waals surface area contributed by atoms with Crippen LogP contribution in [0.25, 0.3) is 0 Å². The molecule has 2 N–H and O–H groups in total. The van der Waals surface area contributed by atoms with E-state index in [0.717, 1.165) is 4.31 Å². The molecule has 0 heterocycles. The molecule has 0 aromatic heterocycles. The smallest absolute Gasteiger partial charge is 0.252 e. The number of benzene rings is 2. The summed E-state index contributed by atoms with van der Waals surface area (Å²) < 4.78 is 31.0. The van der Waals surface area contributed by atoms with Gasteiger partial charge in [0.25, 0.3) is 5.91 Å². The number of hydrogen-bond donors (Lipinski definition) is 1. The molecule has 128 valence electrons. The highest BCUT2D eigenvalue weighted by Crippen LogP contribution is 2.24. The van der Waals surface area contributed by atoms with Crippen LogP contribution >= 0.6 is 11.6 Å². The Bertz CT molecular complexity index is 866. The highest BCUT2D eigenvalue weighted by Gasteiger charge is 2.17. The Morgan fingerprint density at radius 2 is 1.92 bits per heavy atom. The van der Waals surface area contributed by atoms with Gasteiger partial charge in [0.05, 0.1) is 10.5 Å². The van der Waals surface area contributed by atoms with Gasteiger partial charge in [0.2, 0.25) is 10.0 Å². The van der Waals surface area contributed by atoms with Crippen LogP contribution in [-0.2, 0) is 16.6 Å². The minimum atomic E-state index is -3.52. The third kappa shape index (κ3) is 4.05. The lowest BCUT2D eigenvalue weighted by Crippen LogP contribution is -2.22. The molecule has 0 spiro atoms. The van der Waals surface area contributed by atoms with E-state index < -0.39 is 15.9 Å². The molecule has 1 amide bonds. The van der Waals surface area contributed by atoms with Crippen molar-refractivity contribution in [1.82, 2.24) is 4.31 Å². The first-order chi connectivity index (χ1) is 11.2. The molecule has 0 saturated heterocycles. The summed E-state index contributed by atoms with van der Waals surface area (Å²) in [5, 5.41) is 0.371. The molecule has 24 heavy (non-hydrogen) atoms. The van der Waals surface area contributed by atoms with Crippen molar-refractivity contribution >= 4 is 27.5 Å². The third-order valence-corrected chi connectivity index (χ3v) is 5.32. The molecule has 8 heteroatoms. The second kappa shape index (κ2) is 7.21. The number of primary amides is 1. The molecular weight excluding hydrogens is 352 g/mol. The van der Waals surface area contributed by atoms with Crippen LogP contribution in [0.3, 0.4) is 0 Å². The molecular formula is C16H17ClN2O4S. The first-order valence-electron chi connectivity index (χ1n) is 6.95. The van der Waals surface area contributed by atoms with Gasteiger partial charge < -0.3 is 10.5 Å². The van der Waals surface area contributed by atoms with Crippen molar-refractivity contribution in [2.24, 2.45) is 5.73 Å². The fraction of sp³-hybridized carbons (Fsp3) is 0.188. The van der Waals surface area contributed by atoms with E-state index in [-0.39, 0.29) is 22.8 Å². The van der Waals surface area contributed by atoms with E-state index in [2.05, 4.69) is 0 Å². The molecule has 0 aliphatic carbocycles. The van der Waals surface area contributed by atoms with Gasteiger partial charge in [-0.25, -0.2) is 12.7 Å². The van der Waals surface area contributed by atoms with Gasteiger partial charge in [0.1, 0.15) is 12.4 Å². The average molecular weight is 369 g/mol. The van der Waals surface area contributed by atoms with Gasteiger partial charge in [-0.05, 0) is 35.9 Å². The highest BCUT2D eigenvalue weighted by atomic mass is 35.5. The number of carbonyl (C=O) groups is 1. The average Bonchev–Trinajstić information content (AvgIpc) is 2.53. The van der Waals surface area contributed by atoms with E-state index in [1.165, 1.54) is 32.3 Å². The van der Waals surface area contributed by atoms with Gasteiger partial charge in [-0.1, -0.05) is 23.7 Å². The molecule has 0 unspecified atom stereocenters. The SMILES string of the molecule is CN(C)S(=O)(=O)c1cccc(COc2ccc(Cl)cc2C(N)=O)c1. The molecule has 0 bridgehead atoms. The van der Waals surface area contributed by atoms with Gasteiger partial charge in [-0.2, -0.15) is 0 Å². The topological polar surface area (TPSA) is 89.7 Å². The van der Waals surface area contributed by atoms with Crippen LogP contribution in [0.1, 0.15) is 15.9 Å². The van der Waals surface area contributed by atoms with Crippen LogP contribution < -0.4 is 10.5 Å². The first kappa shape index (κ1) is 18.3. The van der Waals surface area contributed by atoms with E-state index in [1.807, 2.05) is 0 Å². The fourth-order valence-electron chi connectivity index (χ4n) is 1.99. The maximum Gasteiger partial charge on any atom is 0.252 e. The van der Waals surface area contributed by atoms with Crippen LogP contribution in [0.15, 0.2) is 47.4 Å². The molecule has 0 aliphatic rings. The van der Waals surface area contributed by atoms with Gasteiger partial charge in [-0.3, -0.25) is 4.79 Å². The van der Waals surface area contributed by atoms with E-state index >= 15 is 0 Å². The van der Waals surface area contributed by atoms with Gasteiger partial charge in [-0.15, -0.1) is 0 Å². The standard InChI is InChI=1S/C16H17ClN2O4S/c1-19(2)24(21,22)13-5-3-4-11(8-13)10-23-15-7-6-12(17)9-14(15)16(18)20/h3-9H,10H2,1-2H3,(H2,18,20). The number of carbonyl (C=O) groups excluding carboxylic acids is 1. The number of sulfonamides is 1. The van der Waals surface area contributed by atoms with E-state index in [9.17, 15) is 13.2 Å². The van der Waals surface area contributed by atoms with Crippen LogP contribution in [0.4, 0.5) is 0 Å². The summed E-state index contributed by atoms with van der Waals surface area (Å²) in [7, 11) is -0.596. The maximum atomic E-state index is 12.1. The summed E-state index contributed by atoms with van der Waals surface area (Å²) in [6, 6.07) is 10.9. The predicted molar refractivity (Wildman–Crippen MR) is 91.6 cm³/mol. The molecule has 2 aromatic carbocycles. The molecule has 2 rings (SSSR count). The minimum Gasteiger partial charge on any atom is -0.488 e. The number of ether oxygens (including phenoxy) is 1. The largest absolute Gasteiger partial charge is 0.488 e. The monoisotopic (exact) mass is 368 g/mol. The summed E-state index contributed by atoms with van der Waals surface area (Å²) in [5.41, 5.74) is 6.11. The molecule has 2 aromatic rings. The second-order valence-corrected chi connectivity index (χ2v) is 7.82. The number of halogens is 1. The van der Waals surface area contributed by atoms with Crippen molar-refractivity contribution in [2.45, 2.75) is 11.5 Å². The number of hydrogen-bond acceptors (Lipinski definition) is 4. The van der Waals surface area contributed by atoms with Gasteiger partial charge in [0, 0.05) is 19.1 Å². The predicted octanol–water partition coefficient (Wildman–Crippen LogP) is 2.27. The molecule has 0 aliphatic heterocycles. The zero-order chi connectivity index (χ0) is 17.9. The Labute approximate surface area is 145 Å². The highest BCUT2D eigenvalue weighted by molar-refractivity contribution is 7.89. The number of rotatable bonds is 6. The van der Waals surface area contributed by atoms with E-state index in [4.69, 9.17) is 22.1 Å². The van der Waals surface area contributed by atoms with Crippen LogP contribution in [0.2, 0.25) is 5.02 Å². The number of nitrogens with zero attached hydrogens (tertiary/aromatic N) is 1. The van der Waals surface area contributed by atoms with Crippen molar-refractivity contribution in [3.8, 4) is 5.75 Å². The number of nitrogens with two attached hydrogens (primary N) is 1. The zero-order valence-corrected chi connectivity index (χ0v) is 14.8. The lowest BCUT2D eigenvalue weighted by atomic mass is 10.2. The van der Waals surface area contributed by atoms with Crippen molar-refractivity contribution < 1.29 is 17.9 Å². The van der Waals surface area contributed by atoms with Crippen molar-refractivity contribution in [2.75, 3.05) is 14.1 Å². The Morgan fingerprint density at radius 1 is 1.21 bits per heavy atom. The van der Waals surface area contributed by atoms with Crippen LogP contribution in [-0.4, -0.2) is 32.7 Å². The van der Waals surface area contributed by atoms with E-state index in [1.54, 1.807) is 24.3 Å². The quantitative estimate of drug-likeness (QED) is 0.846. The zero-order valence-electron chi connectivity index (χ0n) is 13.2. The second-order valence-electron chi connectivity index (χ2n) is 5.23. The molecule has 0 atom stereocenters. The molecule has 6 nitrogen and oxygen atoms in total. The van der Waals surface area contributed by atoms with Crippen LogP contribution in [0, 0.1) is 0 Å². The normalized spacial score (nSPS) is 11.5. The fourth-order valence-corrected chi connectivity index (χ4v) is 3.13. The molecule has 0 radical (unpaired) electrons. The molecule has 0 fully saturated rings. The Balaban J connectivity index is 2.24. The Hall–Kier alpha value is -2.09. The first-order valence-corrected chi connectivity index (χ1v) is 8.77. The van der Waals surface area contributed by atoms with Gasteiger partial charge >= 0.3 is 0 Å². The summed E-state index contributed by atoms with van der Waals surface area (Å²) in [5.74, 6) is -0.371. The Morgan fingerprint density at radius 3 is 2.54 bits per heavy atom. The minimum absolute atomic E-state index is 0.0820. The summed E-state index contributed by atoms with van der Waals surface area (Å²) in [4.78, 5) is 11.6. The van der Waals surface area contributed by atoms with E-state index in [0.29, 0.717) is 10.6 Å². The van der Waals surface area contributed by atoms with Crippen molar-refractivity contribution in [3.05, 3.63) is 58.6 Å². The van der Waals surface area contributed by atoms with Crippen molar-refractivity contribution in [1.29, 1.82) is 0 Å². The van der Waals surface area contributed by atoms with Crippen molar-refractivity contribution in [3.63, 3.8) is 0 Å². The number of amides is 1. The lowest BCUT2D eigenvalue weighted by molar-refractivity contribution is 0.0996. The van der Waals surface area contributed by atoms with Gasteiger partial charge in [0.15, 0.2) is 0 Å².